The van der Waals surface area contributed by atoms with Crippen molar-refractivity contribution >= 4 is 5.91 Å². The highest BCUT2D eigenvalue weighted by Gasteiger charge is 2.24. The third kappa shape index (κ3) is 2.96. The van der Waals surface area contributed by atoms with Crippen molar-refractivity contribution in [3.8, 4) is 5.88 Å². The first-order chi connectivity index (χ1) is 11.0. The summed E-state index contributed by atoms with van der Waals surface area (Å²) in [6.45, 7) is 0. The van der Waals surface area contributed by atoms with Gasteiger partial charge < -0.3 is 10.1 Å². The Labute approximate surface area is 133 Å². The van der Waals surface area contributed by atoms with Gasteiger partial charge in [0.15, 0.2) is 0 Å². The first-order valence-corrected chi connectivity index (χ1v) is 7.42. The van der Waals surface area contributed by atoms with Gasteiger partial charge >= 0.3 is 0 Å². The molecule has 1 aliphatic carbocycles. The molecule has 1 N–H and O–H groups in total. The lowest BCUT2D eigenvalue weighted by atomic mass is 9.92. The molecule has 8 nitrogen and oxygen atoms in total. The predicted octanol–water partition coefficient (Wildman–Crippen LogP) is -0.190. The third-order valence-corrected chi connectivity index (χ3v) is 4.02. The van der Waals surface area contributed by atoms with E-state index in [1.54, 1.807) is 26.4 Å². The van der Waals surface area contributed by atoms with Crippen LogP contribution in [-0.2, 0) is 26.9 Å². The zero-order chi connectivity index (χ0) is 16.6. The van der Waals surface area contributed by atoms with Gasteiger partial charge in [0.1, 0.15) is 5.56 Å². The molecular formula is C15H19N5O3. The topological polar surface area (TPSA) is 91.0 Å². The molecule has 1 amide bonds. The van der Waals surface area contributed by atoms with Crippen LogP contribution in [0, 0.1) is 0 Å². The summed E-state index contributed by atoms with van der Waals surface area (Å²) in [6, 6.07) is 1.57. The SMILES string of the molecule is COc1nn(C)cc1C(=O)NC1CCc2nn(C)c(=O)cc2C1. The van der Waals surface area contributed by atoms with Crippen LogP contribution in [-0.4, -0.2) is 38.6 Å². The lowest BCUT2D eigenvalue weighted by Crippen LogP contribution is -2.40. The maximum Gasteiger partial charge on any atom is 0.266 e. The zero-order valence-corrected chi connectivity index (χ0v) is 13.4. The summed E-state index contributed by atoms with van der Waals surface area (Å²) >= 11 is 0. The average molecular weight is 317 g/mol. The van der Waals surface area contributed by atoms with Gasteiger partial charge in [-0.1, -0.05) is 0 Å². The fourth-order valence-electron chi connectivity index (χ4n) is 2.85. The fourth-order valence-corrected chi connectivity index (χ4v) is 2.85. The molecular weight excluding hydrogens is 298 g/mol. The van der Waals surface area contributed by atoms with Crippen LogP contribution >= 0.6 is 0 Å². The van der Waals surface area contributed by atoms with Crippen molar-refractivity contribution in [1.29, 1.82) is 0 Å². The van der Waals surface area contributed by atoms with Gasteiger partial charge in [0, 0.05) is 32.4 Å². The number of aryl methyl sites for hydroxylation is 3. The van der Waals surface area contributed by atoms with E-state index in [2.05, 4.69) is 15.5 Å². The summed E-state index contributed by atoms with van der Waals surface area (Å²) in [5, 5.41) is 11.3. The lowest BCUT2D eigenvalue weighted by Gasteiger charge is -2.24. The zero-order valence-electron chi connectivity index (χ0n) is 13.4. The highest BCUT2D eigenvalue weighted by Crippen LogP contribution is 2.20. The number of hydrogen-bond acceptors (Lipinski definition) is 5. The van der Waals surface area contributed by atoms with E-state index < -0.39 is 0 Å². The molecule has 1 aliphatic rings. The van der Waals surface area contributed by atoms with E-state index in [0.29, 0.717) is 17.9 Å². The van der Waals surface area contributed by atoms with Crippen molar-refractivity contribution in [2.45, 2.75) is 25.3 Å². The molecule has 0 aliphatic heterocycles. The van der Waals surface area contributed by atoms with Crippen LogP contribution in [0.1, 0.15) is 28.0 Å². The molecule has 0 spiro atoms. The smallest absolute Gasteiger partial charge is 0.266 e. The van der Waals surface area contributed by atoms with Crippen molar-refractivity contribution in [2.75, 3.05) is 7.11 Å². The fraction of sp³-hybridized carbons (Fsp3) is 0.467. The molecule has 0 fully saturated rings. The minimum Gasteiger partial charge on any atom is -0.479 e. The average Bonchev–Trinajstić information content (AvgIpc) is 2.90. The Hall–Kier alpha value is -2.64. The first-order valence-electron chi connectivity index (χ1n) is 7.42. The van der Waals surface area contributed by atoms with Crippen LogP contribution in [0.3, 0.4) is 0 Å². The first kappa shape index (κ1) is 15.3. The molecule has 2 aromatic rings. The number of carbonyl (C=O) groups is 1. The van der Waals surface area contributed by atoms with Gasteiger partial charge in [0.05, 0.1) is 12.8 Å². The number of nitrogens with zero attached hydrogens (tertiary/aromatic N) is 4. The largest absolute Gasteiger partial charge is 0.479 e. The monoisotopic (exact) mass is 317 g/mol. The number of fused-ring (bicyclic) bond motifs is 1. The van der Waals surface area contributed by atoms with E-state index >= 15 is 0 Å². The third-order valence-electron chi connectivity index (χ3n) is 4.02. The van der Waals surface area contributed by atoms with Crippen molar-refractivity contribution in [2.24, 2.45) is 14.1 Å². The minimum absolute atomic E-state index is 0.0335. The van der Waals surface area contributed by atoms with E-state index in [-0.39, 0.29) is 17.5 Å². The molecule has 3 rings (SSSR count). The van der Waals surface area contributed by atoms with Gasteiger partial charge in [-0.25, -0.2) is 4.68 Å². The van der Waals surface area contributed by atoms with Gasteiger partial charge in [-0.3, -0.25) is 14.3 Å². The van der Waals surface area contributed by atoms with Crippen LogP contribution in [0.15, 0.2) is 17.1 Å². The highest BCUT2D eigenvalue weighted by atomic mass is 16.5. The van der Waals surface area contributed by atoms with E-state index in [4.69, 9.17) is 4.74 Å². The van der Waals surface area contributed by atoms with Crippen LogP contribution in [0.2, 0.25) is 0 Å². The van der Waals surface area contributed by atoms with Crippen molar-refractivity contribution < 1.29 is 9.53 Å². The van der Waals surface area contributed by atoms with E-state index in [1.165, 1.54) is 16.5 Å². The van der Waals surface area contributed by atoms with Crippen molar-refractivity contribution in [3.63, 3.8) is 0 Å². The summed E-state index contributed by atoms with van der Waals surface area (Å²) < 4.78 is 8.00. The summed E-state index contributed by atoms with van der Waals surface area (Å²) in [5.74, 6) is 0.0805. The van der Waals surface area contributed by atoms with Gasteiger partial charge in [-0.15, -0.1) is 5.10 Å². The molecule has 0 radical (unpaired) electrons. The number of rotatable bonds is 3. The van der Waals surface area contributed by atoms with E-state index in [1.807, 2.05) is 0 Å². The molecule has 23 heavy (non-hydrogen) atoms. The number of amides is 1. The molecule has 8 heteroatoms. The van der Waals surface area contributed by atoms with Crippen molar-refractivity contribution in [1.82, 2.24) is 24.9 Å². The molecule has 0 saturated carbocycles. The maximum atomic E-state index is 12.4. The predicted molar refractivity (Wildman–Crippen MR) is 82.5 cm³/mol. The summed E-state index contributed by atoms with van der Waals surface area (Å²) in [7, 11) is 4.86. The van der Waals surface area contributed by atoms with Crippen LogP contribution in [0.4, 0.5) is 0 Å². The standard InChI is InChI=1S/C15H19N5O3/c1-19-8-11(15(18-19)23-3)14(22)16-10-4-5-12-9(6-10)7-13(21)20(2)17-12/h7-8,10H,4-6H2,1-3H3,(H,16,22). The van der Waals surface area contributed by atoms with Gasteiger partial charge in [0.25, 0.3) is 11.5 Å². The Morgan fingerprint density at radius 1 is 1.39 bits per heavy atom. The number of carbonyl (C=O) groups excluding carboxylic acids is 1. The molecule has 0 aromatic carbocycles. The van der Waals surface area contributed by atoms with Crippen LogP contribution in [0.5, 0.6) is 5.88 Å². The number of nitrogens with one attached hydrogen (secondary N) is 1. The number of methoxy groups -OCH3 is 1. The lowest BCUT2D eigenvalue weighted by molar-refractivity contribution is 0.0930. The molecule has 1 unspecified atom stereocenters. The minimum atomic E-state index is -0.222. The van der Waals surface area contributed by atoms with Gasteiger partial charge in [-0.2, -0.15) is 5.10 Å². The Balaban J connectivity index is 1.75. The summed E-state index contributed by atoms with van der Waals surface area (Å²) in [6.07, 6.45) is 3.75. The quantitative estimate of drug-likeness (QED) is 0.847. The Bertz CT molecular complexity index is 808. The molecule has 122 valence electrons. The molecule has 2 aromatic heterocycles. The highest BCUT2D eigenvalue weighted by molar-refractivity contribution is 5.96. The molecule has 0 bridgehead atoms. The Kier molecular flexibility index (Phi) is 3.89. The summed E-state index contributed by atoms with van der Waals surface area (Å²) in [4.78, 5) is 24.1. The van der Waals surface area contributed by atoms with Crippen molar-refractivity contribution in [3.05, 3.63) is 39.4 Å². The van der Waals surface area contributed by atoms with Crippen LogP contribution < -0.4 is 15.6 Å². The van der Waals surface area contributed by atoms with E-state index in [9.17, 15) is 9.59 Å². The number of ether oxygens (including phenoxy) is 1. The Morgan fingerprint density at radius 3 is 2.91 bits per heavy atom. The second kappa shape index (κ2) is 5.86. The molecule has 0 saturated heterocycles. The van der Waals surface area contributed by atoms with Gasteiger partial charge in [-0.05, 0) is 24.8 Å². The number of aromatic nitrogens is 4. The normalized spacial score (nSPS) is 16.7. The molecule has 2 heterocycles. The molecule has 1 atom stereocenters. The van der Waals surface area contributed by atoms with Gasteiger partial charge in [0.2, 0.25) is 5.88 Å². The second-order valence-corrected chi connectivity index (χ2v) is 5.72. The second-order valence-electron chi connectivity index (χ2n) is 5.72. The Morgan fingerprint density at radius 2 is 2.17 bits per heavy atom. The van der Waals surface area contributed by atoms with E-state index in [0.717, 1.165) is 24.1 Å². The maximum absolute atomic E-state index is 12.4. The van der Waals surface area contributed by atoms with Crippen LogP contribution in [0.25, 0.3) is 0 Å². The number of hydrogen-bond donors (Lipinski definition) is 1. The summed E-state index contributed by atoms with van der Waals surface area (Å²) in [5.41, 5.74) is 2.10.